The lowest BCUT2D eigenvalue weighted by Crippen LogP contribution is -2.41. The fourth-order valence-corrected chi connectivity index (χ4v) is 1.88. The van der Waals surface area contributed by atoms with E-state index < -0.39 is 11.6 Å². The summed E-state index contributed by atoms with van der Waals surface area (Å²) < 4.78 is 26.7. The lowest BCUT2D eigenvalue weighted by molar-refractivity contribution is -0.115. The van der Waals surface area contributed by atoms with Crippen molar-refractivity contribution in [2.75, 3.05) is 18.9 Å². The molecule has 0 aliphatic rings. The van der Waals surface area contributed by atoms with E-state index in [1.54, 1.807) is 18.3 Å². The smallest absolute Gasteiger partial charge is 0.243 e. The van der Waals surface area contributed by atoms with Gasteiger partial charge in [-0.15, -0.1) is 24.0 Å². The molecule has 0 unspecified atom stereocenters. The number of halogens is 3. The molecule has 0 bridgehead atoms. The van der Waals surface area contributed by atoms with E-state index in [1.165, 1.54) is 13.2 Å². The van der Waals surface area contributed by atoms with E-state index in [0.29, 0.717) is 11.6 Å². The third-order valence-electron chi connectivity index (χ3n) is 3.04. The summed E-state index contributed by atoms with van der Waals surface area (Å²) in [4.78, 5) is 19.6. The van der Waals surface area contributed by atoms with Gasteiger partial charge in [0.1, 0.15) is 11.6 Å². The second-order valence-electron chi connectivity index (χ2n) is 4.80. The molecule has 0 fully saturated rings. The van der Waals surface area contributed by atoms with E-state index in [-0.39, 0.29) is 48.5 Å². The predicted molar refractivity (Wildman–Crippen MR) is 103 cm³/mol. The Labute approximate surface area is 161 Å². The molecule has 0 radical (unpaired) electrons. The van der Waals surface area contributed by atoms with Crippen LogP contribution in [0.25, 0.3) is 0 Å². The molecule has 1 heterocycles. The van der Waals surface area contributed by atoms with Crippen molar-refractivity contribution in [1.82, 2.24) is 15.6 Å². The SMILES string of the molecule is CN=C(NCC(=O)Nc1cccnc1)NCc1cc(F)ccc1F.I. The highest BCUT2D eigenvalue weighted by Gasteiger charge is 2.07. The van der Waals surface area contributed by atoms with E-state index in [4.69, 9.17) is 0 Å². The summed E-state index contributed by atoms with van der Waals surface area (Å²) in [6, 6.07) is 6.63. The van der Waals surface area contributed by atoms with Gasteiger partial charge in [-0.25, -0.2) is 8.78 Å². The molecule has 1 amide bonds. The molecule has 0 saturated heterocycles. The van der Waals surface area contributed by atoms with E-state index in [1.807, 2.05) is 0 Å². The van der Waals surface area contributed by atoms with Gasteiger partial charge < -0.3 is 16.0 Å². The van der Waals surface area contributed by atoms with Gasteiger partial charge >= 0.3 is 0 Å². The lowest BCUT2D eigenvalue weighted by atomic mass is 10.2. The highest BCUT2D eigenvalue weighted by molar-refractivity contribution is 14.0. The number of carbonyl (C=O) groups is 1. The second-order valence-corrected chi connectivity index (χ2v) is 4.80. The van der Waals surface area contributed by atoms with Crippen LogP contribution >= 0.6 is 24.0 Å². The zero-order chi connectivity index (χ0) is 17.4. The van der Waals surface area contributed by atoms with Gasteiger partial charge in [-0.3, -0.25) is 14.8 Å². The molecule has 1 aromatic heterocycles. The maximum Gasteiger partial charge on any atom is 0.243 e. The molecule has 3 N–H and O–H groups in total. The molecule has 0 spiro atoms. The number of benzene rings is 1. The summed E-state index contributed by atoms with van der Waals surface area (Å²) in [7, 11) is 1.51. The van der Waals surface area contributed by atoms with E-state index >= 15 is 0 Å². The minimum atomic E-state index is -0.521. The van der Waals surface area contributed by atoms with Crippen LogP contribution in [0.5, 0.6) is 0 Å². The van der Waals surface area contributed by atoms with Gasteiger partial charge in [-0.05, 0) is 30.3 Å². The number of nitrogens with one attached hydrogen (secondary N) is 3. The van der Waals surface area contributed by atoms with Crippen molar-refractivity contribution in [1.29, 1.82) is 0 Å². The number of carbonyl (C=O) groups excluding carboxylic acids is 1. The van der Waals surface area contributed by atoms with Crippen LogP contribution in [-0.2, 0) is 11.3 Å². The Bertz CT molecular complexity index is 728. The number of nitrogens with zero attached hydrogens (tertiary/aromatic N) is 2. The van der Waals surface area contributed by atoms with Crippen LogP contribution in [0.4, 0.5) is 14.5 Å². The molecule has 0 aliphatic carbocycles. The van der Waals surface area contributed by atoms with Crippen LogP contribution in [0, 0.1) is 11.6 Å². The van der Waals surface area contributed by atoms with Crippen molar-refractivity contribution < 1.29 is 13.6 Å². The standard InChI is InChI=1S/C16H17F2N5O.HI/c1-19-16(21-8-11-7-12(17)4-5-14(11)18)22-10-15(24)23-13-3-2-6-20-9-13;/h2-7,9H,8,10H2,1H3,(H,23,24)(H2,19,21,22);1H. The number of pyridine rings is 1. The fraction of sp³-hybridized carbons (Fsp3) is 0.188. The van der Waals surface area contributed by atoms with Crippen LogP contribution in [0.15, 0.2) is 47.7 Å². The quantitative estimate of drug-likeness (QED) is 0.363. The molecule has 1 aromatic carbocycles. The number of aliphatic imine (C=N–C) groups is 1. The summed E-state index contributed by atoms with van der Waals surface area (Å²) in [5, 5.41) is 8.25. The molecule has 25 heavy (non-hydrogen) atoms. The summed E-state index contributed by atoms with van der Waals surface area (Å²) in [6.07, 6.45) is 3.13. The van der Waals surface area contributed by atoms with Gasteiger partial charge in [0.25, 0.3) is 0 Å². The average molecular weight is 461 g/mol. The minimum absolute atomic E-state index is 0. The number of amides is 1. The van der Waals surface area contributed by atoms with E-state index in [0.717, 1.165) is 18.2 Å². The van der Waals surface area contributed by atoms with E-state index in [9.17, 15) is 13.6 Å². The maximum absolute atomic E-state index is 13.5. The molecule has 9 heteroatoms. The van der Waals surface area contributed by atoms with Crippen LogP contribution in [0.3, 0.4) is 0 Å². The van der Waals surface area contributed by atoms with Crippen molar-refractivity contribution in [2.45, 2.75) is 6.54 Å². The summed E-state index contributed by atoms with van der Waals surface area (Å²) in [6.45, 7) is -0.00626. The minimum Gasteiger partial charge on any atom is -0.352 e. The number of aromatic nitrogens is 1. The zero-order valence-electron chi connectivity index (χ0n) is 13.4. The molecule has 0 aliphatic heterocycles. The van der Waals surface area contributed by atoms with Gasteiger partial charge in [0.15, 0.2) is 5.96 Å². The third kappa shape index (κ3) is 6.99. The topological polar surface area (TPSA) is 78.4 Å². The Morgan fingerprint density at radius 2 is 2.04 bits per heavy atom. The Morgan fingerprint density at radius 1 is 1.24 bits per heavy atom. The number of hydrogen-bond donors (Lipinski definition) is 3. The van der Waals surface area contributed by atoms with Gasteiger partial charge in [0.2, 0.25) is 5.91 Å². The van der Waals surface area contributed by atoms with E-state index in [2.05, 4.69) is 25.9 Å². The van der Waals surface area contributed by atoms with Gasteiger partial charge in [-0.1, -0.05) is 0 Å². The number of hydrogen-bond acceptors (Lipinski definition) is 3. The summed E-state index contributed by atoms with van der Waals surface area (Å²) >= 11 is 0. The maximum atomic E-state index is 13.5. The molecule has 134 valence electrons. The second kappa shape index (κ2) is 10.5. The van der Waals surface area contributed by atoms with Gasteiger partial charge in [0.05, 0.1) is 18.4 Å². The Morgan fingerprint density at radius 3 is 2.72 bits per heavy atom. The highest BCUT2D eigenvalue weighted by atomic mass is 127. The molecule has 6 nitrogen and oxygen atoms in total. The predicted octanol–water partition coefficient (Wildman–Crippen LogP) is 2.28. The normalized spacial score (nSPS) is 10.6. The Hall–Kier alpha value is -2.30. The highest BCUT2D eigenvalue weighted by Crippen LogP contribution is 2.09. The molecule has 2 aromatic rings. The molecule has 2 rings (SSSR count). The Balaban J connectivity index is 0.00000312. The largest absolute Gasteiger partial charge is 0.352 e. The van der Waals surface area contributed by atoms with Crippen molar-refractivity contribution in [3.63, 3.8) is 0 Å². The third-order valence-corrected chi connectivity index (χ3v) is 3.04. The molecule has 0 saturated carbocycles. The van der Waals surface area contributed by atoms with Gasteiger partial charge in [0, 0.05) is 25.4 Å². The first-order chi connectivity index (χ1) is 11.6. The first-order valence-corrected chi connectivity index (χ1v) is 7.17. The van der Waals surface area contributed by atoms with Crippen LogP contribution in [0.2, 0.25) is 0 Å². The van der Waals surface area contributed by atoms with Crippen molar-refractivity contribution in [2.24, 2.45) is 4.99 Å². The summed E-state index contributed by atoms with van der Waals surface area (Å²) in [5.41, 5.74) is 0.742. The number of rotatable bonds is 5. The lowest BCUT2D eigenvalue weighted by Gasteiger charge is -2.12. The number of guanidine groups is 1. The van der Waals surface area contributed by atoms with Crippen molar-refractivity contribution in [3.05, 3.63) is 59.9 Å². The van der Waals surface area contributed by atoms with Crippen molar-refractivity contribution in [3.8, 4) is 0 Å². The fourth-order valence-electron chi connectivity index (χ4n) is 1.88. The first kappa shape index (κ1) is 20.7. The monoisotopic (exact) mass is 461 g/mol. The number of anilines is 1. The zero-order valence-corrected chi connectivity index (χ0v) is 15.8. The van der Waals surface area contributed by atoms with Crippen molar-refractivity contribution >= 4 is 41.5 Å². The van der Waals surface area contributed by atoms with Crippen LogP contribution in [0.1, 0.15) is 5.56 Å². The first-order valence-electron chi connectivity index (χ1n) is 7.17. The molecular weight excluding hydrogens is 443 g/mol. The van der Waals surface area contributed by atoms with Crippen LogP contribution in [-0.4, -0.2) is 30.4 Å². The Kier molecular flexibility index (Phi) is 8.75. The average Bonchev–Trinajstić information content (AvgIpc) is 2.58. The molecular formula is C16H18F2IN5O. The van der Waals surface area contributed by atoms with Crippen LogP contribution < -0.4 is 16.0 Å². The molecule has 0 atom stereocenters. The summed E-state index contributed by atoms with van der Waals surface area (Å²) in [5.74, 6) is -1.04. The van der Waals surface area contributed by atoms with Gasteiger partial charge in [-0.2, -0.15) is 0 Å².